The van der Waals surface area contributed by atoms with Gasteiger partial charge in [-0.2, -0.15) is 0 Å². The number of carbonyl (C=O) groups excluding carboxylic acids is 3. The lowest BCUT2D eigenvalue weighted by Crippen LogP contribution is -2.30. The van der Waals surface area contributed by atoms with Gasteiger partial charge >= 0.3 is 17.9 Å². The molecule has 0 bridgehead atoms. The highest BCUT2D eigenvalue weighted by molar-refractivity contribution is 5.71. The second kappa shape index (κ2) is 47.3. The molecule has 1 atom stereocenters. The van der Waals surface area contributed by atoms with E-state index in [4.69, 9.17) is 14.2 Å². The monoisotopic (exact) mass is 821 g/mol. The number of ether oxygens (including phenoxy) is 3. The van der Waals surface area contributed by atoms with Gasteiger partial charge in [0.15, 0.2) is 6.10 Å². The van der Waals surface area contributed by atoms with Gasteiger partial charge in [-0.25, -0.2) is 0 Å². The molecular formula is C53H88O6. The summed E-state index contributed by atoms with van der Waals surface area (Å²) in [4.78, 5) is 37.8. The van der Waals surface area contributed by atoms with Crippen molar-refractivity contribution in [2.45, 2.75) is 219 Å². The molecule has 59 heavy (non-hydrogen) atoms. The van der Waals surface area contributed by atoms with Gasteiger partial charge in [0.1, 0.15) is 13.2 Å². The summed E-state index contributed by atoms with van der Waals surface area (Å²) in [6.07, 6.45) is 60.0. The van der Waals surface area contributed by atoms with Crippen molar-refractivity contribution < 1.29 is 28.6 Å². The second-order valence-electron chi connectivity index (χ2n) is 15.7. The zero-order chi connectivity index (χ0) is 43.0. The molecule has 0 heterocycles. The van der Waals surface area contributed by atoms with Crippen molar-refractivity contribution in [2.75, 3.05) is 13.2 Å². The zero-order valence-corrected chi connectivity index (χ0v) is 38.2. The maximum atomic E-state index is 12.7. The van der Waals surface area contributed by atoms with E-state index in [9.17, 15) is 14.4 Å². The lowest BCUT2D eigenvalue weighted by molar-refractivity contribution is -0.167. The van der Waals surface area contributed by atoms with Crippen LogP contribution in [0.5, 0.6) is 0 Å². The number of rotatable bonds is 42. The fraction of sp³-hybridized carbons (Fsp3) is 0.679. The normalized spacial score (nSPS) is 12.8. The molecule has 0 aromatic rings. The molecule has 0 radical (unpaired) electrons. The van der Waals surface area contributed by atoms with Gasteiger partial charge < -0.3 is 14.2 Å². The number of esters is 3. The first-order chi connectivity index (χ1) is 29.0. The van der Waals surface area contributed by atoms with Gasteiger partial charge in [0.2, 0.25) is 0 Å². The average molecular weight is 821 g/mol. The topological polar surface area (TPSA) is 78.9 Å². The van der Waals surface area contributed by atoms with Crippen molar-refractivity contribution in [3.05, 3.63) is 85.1 Å². The molecule has 0 aromatic heterocycles. The van der Waals surface area contributed by atoms with Crippen LogP contribution in [0, 0.1) is 0 Å². The molecule has 0 aliphatic heterocycles. The molecular weight excluding hydrogens is 733 g/mol. The third-order valence-electron chi connectivity index (χ3n) is 9.95. The predicted molar refractivity (Wildman–Crippen MR) is 251 cm³/mol. The number of hydrogen-bond acceptors (Lipinski definition) is 6. The average Bonchev–Trinajstić information content (AvgIpc) is 3.23. The smallest absolute Gasteiger partial charge is 0.306 e. The van der Waals surface area contributed by atoms with Gasteiger partial charge in [0, 0.05) is 19.3 Å². The van der Waals surface area contributed by atoms with Crippen molar-refractivity contribution in [3.8, 4) is 0 Å². The minimum absolute atomic E-state index is 0.102. The van der Waals surface area contributed by atoms with Crippen LogP contribution in [0.3, 0.4) is 0 Å². The summed E-state index contributed by atoms with van der Waals surface area (Å²) in [7, 11) is 0. The summed E-state index contributed by atoms with van der Waals surface area (Å²) in [6.45, 7) is 6.39. The molecule has 6 nitrogen and oxygen atoms in total. The Morgan fingerprint density at radius 1 is 0.373 bits per heavy atom. The number of carbonyl (C=O) groups is 3. The largest absolute Gasteiger partial charge is 0.462 e. The van der Waals surface area contributed by atoms with Crippen LogP contribution < -0.4 is 0 Å². The van der Waals surface area contributed by atoms with Crippen molar-refractivity contribution in [1.82, 2.24) is 0 Å². The SMILES string of the molecule is CC/C=C\C/C=C\CCCCCCCCCC(=O)OC(COC(=O)CCC/C=C\CCCCCC)COC(=O)CCCCCCC\C=C/C=C\C=C/C=C\CCCCC. The van der Waals surface area contributed by atoms with Gasteiger partial charge in [0.25, 0.3) is 0 Å². The summed E-state index contributed by atoms with van der Waals surface area (Å²) in [6, 6.07) is 0. The second-order valence-corrected chi connectivity index (χ2v) is 15.7. The molecule has 0 saturated carbocycles. The Labute approximate surface area is 363 Å². The zero-order valence-electron chi connectivity index (χ0n) is 38.2. The van der Waals surface area contributed by atoms with Gasteiger partial charge in [0.05, 0.1) is 0 Å². The Morgan fingerprint density at radius 2 is 0.746 bits per heavy atom. The minimum Gasteiger partial charge on any atom is -0.462 e. The van der Waals surface area contributed by atoms with E-state index >= 15 is 0 Å². The van der Waals surface area contributed by atoms with E-state index < -0.39 is 6.10 Å². The molecule has 0 fully saturated rings. The van der Waals surface area contributed by atoms with Crippen molar-refractivity contribution in [1.29, 1.82) is 0 Å². The van der Waals surface area contributed by atoms with E-state index in [-0.39, 0.29) is 31.1 Å². The Hall–Kier alpha value is -3.41. The molecule has 6 heteroatoms. The molecule has 0 aliphatic rings. The number of hydrogen-bond donors (Lipinski definition) is 0. The van der Waals surface area contributed by atoms with E-state index in [0.717, 1.165) is 96.3 Å². The third kappa shape index (κ3) is 45.5. The maximum absolute atomic E-state index is 12.7. The molecule has 0 aromatic carbocycles. The molecule has 0 saturated heterocycles. The van der Waals surface area contributed by atoms with E-state index in [2.05, 4.69) is 106 Å². The minimum atomic E-state index is -0.800. The van der Waals surface area contributed by atoms with Gasteiger partial charge in [-0.1, -0.05) is 189 Å². The van der Waals surface area contributed by atoms with Crippen molar-refractivity contribution >= 4 is 17.9 Å². The summed E-state index contributed by atoms with van der Waals surface area (Å²) >= 11 is 0. The first-order valence-electron chi connectivity index (χ1n) is 24.1. The number of unbranched alkanes of at least 4 members (excludes halogenated alkanes) is 20. The molecule has 1 unspecified atom stereocenters. The highest BCUT2D eigenvalue weighted by Gasteiger charge is 2.19. The third-order valence-corrected chi connectivity index (χ3v) is 9.95. The Morgan fingerprint density at radius 3 is 1.29 bits per heavy atom. The van der Waals surface area contributed by atoms with Gasteiger partial charge in [-0.15, -0.1) is 0 Å². The van der Waals surface area contributed by atoms with E-state index in [1.165, 1.54) is 70.6 Å². The molecule has 336 valence electrons. The van der Waals surface area contributed by atoms with Crippen molar-refractivity contribution in [3.63, 3.8) is 0 Å². The van der Waals surface area contributed by atoms with Crippen LogP contribution >= 0.6 is 0 Å². The lowest BCUT2D eigenvalue weighted by atomic mass is 10.1. The number of allylic oxidation sites excluding steroid dienone is 14. The summed E-state index contributed by atoms with van der Waals surface area (Å²) in [5.41, 5.74) is 0. The van der Waals surface area contributed by atoms with Crippen LogP contribution in [0.4, 0.5) is 0 Å². The van der Waals surface area contributed by atoms with E-state index in [1.54, 1.807) is 0 Å². The molecule has 0 spiro atoms. The van der Waals surface area contributed by atoms with Crippen LogP contribution in [0.15, 0.2) is 85.1 Å². The summed E-state index contributed by atoms with van der Waals surface area (Å²) in [5, 5.41) is 0. The first-order valence-corrected chi connectivity index (χ1v) is 24.1. The fourth-order valence-electron chi connectivity index (χ4n) is 6.32. The molecule has 0 aliphatic carbocycles. The Kier molecular flexibility index (Phi) is 44.5. The fourth-order valence-corrected chi connectivity index (χ4v) is 6.32. The van der Waals surface area contributed by atoms with Crippen molar-refractivity contribution in [2.24, 2.45) is 0 Å². The van der Waals surface area contributed by atoms with E-state index in [1.807, 2.05) is 0 Å². The first kappa shape index (κ1) is 55.6. The van der Waals surface area contributed by atoms with Crippen LogP contribution in [-0.2, 0) is 28.6 Å². The van der Waals surface area contributed by atoms with Gasteiger partial charge in [-0.3, -0.25) is 14.4 Å². The van der Waals surface area contributed by atoms with Crippen LogP contribution in [0.2, 0.25) is 0 Å². The highest BCUT2D eigenvalue weighted by Crippen LogP contribution is 2.13. The quantitative estimate of drug-likeness (QED) is 0.0201. The van der Waals surface area contributed by atoms with Crippen LogP contribution in [-0.4, -0.2) is 37.2 Å². The van der Waals surface area contributed by atoms with E-state index in [0.29, 0.717) is 25.7 Å². The standard InChI is InChI=1S/C53H88O6/c1-4-7-10-13-16-19-21-23-25-26-27-28-30-31-34-37-40-43-46-52(55)58-49-50(48-57-51(54)45-42-39-36-33-18-15-12-9-6-3)59-53(56)47-44-41-38-35-32-29-24-22-20-17-14-11-8-5-2/h8,11,16-17,19-21,23,25-28,33,36,50H,4-7,9-10,12-15,18,22,24,29-32,34-35,37-49H2,1-3H3/b11-8-,19-16-,20-17-,23-21-,26-25-,28-27-,36-33-. The Balaban J connectivity index is 4.43. The summed E-state index contributed by atoms with van der Waals surface area (Å²) < 4.78 is 16.7. The Bertz CT molecular complexity index is 1170. The van der Waals surface area contributed by atoms with Crippen LogP contribution in [0.1, 0.15) is 213 Å². The summed E-state index contributed by atoms with van der Waals surface area (Å²) in [5.74, 6) is -0.973. The lowest BCUT2D eigenvalue weighted by Gasteiger charge is -2.18. The van der Waals surface area contributed by atoms with Gasteiger partial charge in [-0.05, 0) is 89.9 Å². The molecule has 0 N–H and O–H groups in total. The maximum Gasteiger partial charge on any atom is 0.306 e. The highest BCUT2D eigenvalue weighted by atomic mass is 16.6. The molecule has 0 amide bonds. The molecule has 0 rings (SSSR count). The van der Waals surface area contributed by atoms with Crippen LogP contribution in [0.25, 0.3) is 0 Å². The predicted octanol–water partition coefficient (Wildman–Crippen LogP) is 15.6.